The van der Waals surface area contributed by atoms with Crippen LogP contribution in [0.4, 0.5) is 9.59 Å². The standard InChI is InChI=1S/C26H35N3O5.C21H26O2/c30-24(28-19-23(29-26(33)34)12-7-17-27-25(31)32)18-22(15-13-20-8-3-1-4-9-20)16-14-21-10-5-2-6-11-21;1-2-23-21(22)17-20(15-13-18-9-5-3-6-10-18)16-14-19-11-7-4-8-12-19/h1-6,8-11,22-23,27,29H,7,12-19H2,(H,28,30)(H,31,32)(H,33,34);3-12,20H,2,13-17H2,1H3/t23-;/m0./s1. The number of nitrogens with one attached hydrogen (secondary N) is 3. The van der Waals surface area contributed by atoms with Crippen LogP contribution in [0.15, 0.2) is 121 Å². The fraction of sp³-hybridized carbons (Fsp3) is 0.404. The molecule has 306 valence electrons. The first-order chi connectivity index (χ1) is 27.7. The fourth-order valence-corrected chi connectivity index (χ4v) is 6.73. The molecule has 0 bridgehead atoms. The van der Waals surface area contributed by atoms with Gasteiger partial charge in [0.1, 0.15) is 0 Å². The van der Waals surface area contributed by atoms with Crippen LogP contribution in [0.5, 0.6) is 0 Å². The Morgan fingerprint density at radius 2 is 0.947 bits per heavy atom. The Balaban J connectivity index is 0.000000329. The molecule has 4 rings (SSSR count). The summed E-state index contributed by atoms with van der Waals surface area (Å²) in [4.78, 5) is 46.2. The van der Waals surface area contributed by atoms with E-state index in [1.807, 2.05) is 55.5 Å². The molecule has 0 aliphatic rings. The van der Waals surface area contributed by atoms with E-state index in [-0.39, 0.29) is 30.9 Å². The summed E-state index contributed by atoms with van der Waals surface area (Å²) < 4.78 is 5.14. The van der Waals surface area contributed by atoms with E-state index in [1.165, 1.54) is 22.3 Å². The molecular formula is C47H61N3O7. The van der Waals surface area contributed by atoms with Crippen LogP contribution >= 0.6 is 0 Å². The van der Waals surface area contributed by atoms with E-state index in [0.29, 0.717) is 38.2 Å². The van der Waals surface area contributed by atoms with Crippen molar-refractivity contribution in [1.82, 2.24) is 16.0 Å². The molecule has 0 aliphatic heterocycles. The van der Waals surface area contributed by atoms with Crippen molar-refractivity contribution in [3.63, 3.8) is 0 Å². The van der Waals surface area contributed by atoms with Crippen LogP contribution in [0, 0.1) is 11.8 Å². The first-order valence-corrected chi connectivity index (χ1v) is 20.2. The molecule has 0 fully saturated rings. The van der Waals surface area contributed by atoms with E-state index < -0.39 is 18.2 Å². The van der Waals surface area contributed by atoms with Crippen LogP contribution in [0.3, 0.4) is 0 Å². The second-order valence-corrected chi connectivity index (χ2v) is 14.4. The third-order valence-corrected chi connectivity index (χ3v) is 9.85. The van der Waals surface area contributed by atoms with Crippen LogP contribution in [-0.2, 0) is 40.0 Å². The third-order valence-electron chi connectivity index (χ3n) is 9.85. The van der Waals surface area contributed by atoms with Crippen LogP contribution in [-0.4, -0.2) is 60.0 Å². The first kappa shape index (κ1) is 45.7. The molecule has 57 heavy (non-hydrogen) atoms. The van der Waals surface area contributed by atoms with Gasteiger partial charge in [0.05, 0.1) is 6.61 Å². The number of hydrogen-bond donors (Lipinski definition) is 5. The predicted molar refractivity (Wildman–Crippen MR) is 225 cm³/mol. The molecule has 1 atom stereocenters. The lowest BCUT2D eigenvalue weighted by Crippen LogP contribution is -2.43. The second-order valence-electron chi connectivity index (χ2n) is 14.4. The van der Waals surface area contributed by atoms with Crippen molar-refractivity contribution in [3.8, 4) is 0 Å². The number of hydrogen-bond acceptors (Lipinski definition) is 5. The molecular weight excluding hydrogens is 719 g/mol. The van der Waals surface area contributed by atoms with Gasteiger partial charge in [-0.2, -0.15) is 0 Å². The van der Waals surface area contributed by atoms with Gasteiger partial charge < -0.3 is 30.9 Å². The van der Waals surface area contributed by atoms with E-state index in [4.69, 9.17) is 14.9 Å². The van der Waals surface area contributed by atoms with Crippen LogP contribution in [0.2, 0.25) is 0 Å². The number of carbonyl (C=O) groups excluding carboxylic acids is 2. The number of carboxylic acid groups (broad SMARTS) is 2. The SMILES string of the molecule is CCOC(=O)CC(CCc1ccccc1)CCc1ccccc1.O=C(O)NCCC[C@@H](CNC(=O)CC(CCc1ccccc1)CCc1ccccc1)NC(=O)O. The van der Waals surface area contributed by atoms with Crippen LogP contribution < -0.4 is 16.0 Å². The predicted octanol–water partition coefficient (Wildman–Crippen LogP) is 8.88. The minimum absolute atomic E-state index is 0.0707. The Morgan fingerprint density at radius 3 is 1.32 bits per heavy atom. The van der Waals surface area contributed by atoms with E-state index in [1.54, 1.807) is 0 Å². The highest BCUT2D eigenvalue weighted by Crippen LogP contribution is 2.22. The molecule has 0 spiro atoms. The van der Waals surface area contributed by atoms with Crippen molar-refractivity contribution in [2.75, 3.05) is 19.7 Å². The average Bonchev–Trinajstić information content (AvgIpc) is 3.22. The quantitative estimate of drug-likeness (QED) is 0.0352. The molecule has 0 unspecified atom stereocenters. The zero-order valence-corrected chi connectivity index (χ0v) is 33.3. The Bertz CT molecular complexity index is 1600. The molecule has 0 aliphatic carbocycles. The maximum atomic E-state index is 12.7. The number of rotatable bonds is 24. The molecule has 4 aromatic carbocycles. The number of carbonyl (C=O) groups is 4. The number of esters is 1. The van der Waals surface area contributed by atoms with Gasteiger partial charge in [0, 0.05) is 32.0 Å². The maximum absolute atomic E-state index is 12.7. The van der Waals surface area contributed by atoms with Crippen molar-refractivity contribution in [2.45, 2.75) is 90.0 Å². The Kier molecular flexibility index (Phi) is 22.4. The molecule has 10 nitrogen and oxygen atoms in total. The van der Waals surface area contributed by atoms with Gasteiger partial charge in [0.25, 0.3) is 0 Å². The third kappa shape index (κ3) is 21.9. The van der Waals surface area contributed by atoms with E-state index in [9.17, 15) is 19.2 Å². The number of aryl methyl sites for hydroxylation is 4. The van der Waals surface area contributed by atoms with Gasteiger partial charge in [-0.15, -0.1) is 0 Å². The van der Waals surface area contributed by atoms with Gasteiger partial charge in [-0.05, 0) is 105 Å². The van der Waals surface area contributed by atoms with Crippen molar-refractivity contribution in [3.05, 3.63) is 144 Å². The number of benzene rings is 4. The van der Waals surface area contributed by atoms with E-state index in [2.05, 4.69) is 88.7 Å². The molecule has 3 amide bonds. The zero-order chi connectivity index (χ0) is 40.9. The summed E-state index contributed by atoms with van der Waals surface area (Å²) in [6.07, 6.45) is 7.13. The number of ether oxygens (including phenoxy) is 1. The van der Waals surface area contributed by atoms with Gasteiger partial charge in [0.2, 0.25) is 5.91 Å². The number of amides is 3. The molecule has 5 N–H and O–H groups in total. The van der Waals surface area contributed by atoms with Crippen molar-refractivity contribution in [1.29, 1.82) is 0 Å². The zero-order valence-electron chi connectivity index (χ0n) is 33.3. The van der Waals surface area contributed by atoms with Crippen LogP contribution in [0.25, 0.3) is 0 Å². The van der Waals surface area contributed by atoms with E-state index >= 15 is 0 Å². The minimum Gasteiger partial charge on any atom is -0.466 e. The monoisotopic (exact) mass is 779 g/mol. The van der Waals surface area contributed by atoms with Crippen LogP contribution in [0.1, 0.15) is 80.5 Å². The van der Waals surface area contributed by atoms with Gasteiger partial charge >= 0.3 is 18.2 Å². The maximum Gasteiger partial charge on any atom is 0.404 e. The molecule has 4 aromatic rings. The minimum atomic E-state index is -1.17. The van der Waals surface area contributed by atoms with E-state index in [0.717, 1.165) is 51.4 Å². The molecule has 0 radical (unpaired) electrons. The topological polar surface area (TPSA) is 154 Å². The van der Waals surface area contributed by atoms with Gasteiger partial charge in [-0.25, -0.2) is 9.59 Å². The Morgan fingerprint density at radius 1 is 0.544 bits per heavy atom. The van der Waals surface area contributed by atoms with Gasteiger partial charge in [0.15, 0.2) is 0 Å². The van der Waals surface area contributed by atoms with Gasteiger partial charge in [-0.3, -0.25) is 9.59 Å². The van der Waals surface area contributed by atoms with Crippen molar-refractivity contribution in [2.24, 2.45) is 11.8 Å². The highest BCUT2D eigenvalue weighted by Gasteiger charge is 2.18. The molecule has 0 saturated heterocycles. The first-order valence-electron chi connectivity index (χ1n) is 20.2. The second kappa shape index (κ2) is 27.9. The molecule has 10 heteroatoms. The highest BCUT2D eigenvalue weighted by molar-refractivity contribution is 5.76. The van der Waals surface area contributed by atoms with Gasteiger partial charge in [-0.1, -0.05) is 121 Å². The largest absolute Gasteiger partial charge is 0.466 e. The molecule has 0 heterocycles. The summed E-state index contributed by atoms with van der Waals surface area (Å²) in [5, 5.41) is 25.2. The summed E-state index contributed by atoms with van der Waals surface area (Å²) in [5.41, 5.74) is 5.16. The summed E-state index contributed by atoms with van der Waals surface area (Å²) >= 11 is 0. The highest BCUT2D eigenvalue weighted by atomic mass is 16.5. The Hall–Kier alpha value is -5.64. The molecule has 0 aromatic heterocycles. The average molecular weight is 780 g/mol. The Labute approximate surface area is 338 Å². The molecule has 0 saturated carbocycles. The normalized spacial score (nSPS) is 11.2. The summed E-state index contributed by atoms with van der Waals surface area (Å²) in [5.74, 6) is 0.395. The summed E-state index contributed by atoms with van der Waals surface area (Å²) in [7, 11) is 0. The smallest absolute Gasteiger partial charge is 0.404 e. The summed E-state index contributed by atoms with van der Waals surface area (Å²) in [6, 6.07) is 40.9. The van der Waals surface area contributed by atoms with Crippen molar-refractivity contribution < 1.29 is 34.1 Å². The van der Waals surface area contributed by atoms with Crippen molar-refractivity contribution >= 4 is 24.1 Å². The lowest BCUT2D eigenvalue weighted by Gasteiger charge is -2.20. The summed E-state index contributed by atoms with van der Waals surface area (Å²) in [6.45, 7) is 2.72. The lowest BCUT2D eigenvalue weighted by molar-refractivity contribution is -0.144. The lowest BCUT2D eigenvalue weighted by atomic mass is 9.90. The fourth-order valence-electron chi connectivity index (χ4n) is 6.73.